The topological polar surface area (TPSA) is 24.9 Å². The maximum atomic E-state index is 4.50. The molecule has 0 bridgehead atoms. The van der Waals surface area contributed by atoms with Crippen molar-refractivity contribution in [1.29, 1.82) is 0 Å². The van der Waals surface area contributed by atoms with E-state index in [9.17, 15) is 0 Å². The summed E-state index contributed by atoms with van der Waals surface area (Å²) in [4.78, 5) is 5.90. The van der Waals surface area contributed by atoms with Crippen LogP contribution in [0.1, 0.15) is 28.5 Å². The molecular weight excluding hydrogens is 284 g/mol. The highest BCUT2D eigenvalue weighted by molar-refractivity contribution is 7.19. The smallest absolute Gasteiger partial charge is 0.0940 e. The first-order valence-corrected chi connectivity index (χ1v) is 8.55. The normalized spacial score (nSPS) is 12.9. The first kappa shape index (κ1) is 13.7. The molecule has 3 rings (SSSR count). The average Bonchev–Trinajstić information content (AvgIpc) is 3.04. The van der Waals surface area contributed by atoms with Gasteiger partial charge in [-0.2, -0.15) is 0 Å². The van der Waals surface area contributed by atoms with Crippen LogP contribution in [0.3, 0.4) is 0 Å². The predicted molar refractivity (Wildman–Crippen MR) is 88.8 cm³/mol. The molecule has 4 heteroatoms. The number of thiophene rings is 1. The van der Waals surface area contributed by atoms with E-state index in [2.05, 4.69) is 52.9 Å². The minimum absolute atomic E-state index is 0.397. The molecular formula is C16H18N2S2. The van der Waals surface area contributed by atoms with Crippen LogP contribution in [0.2, 0.25) is 0 Å². The van der Waals surface area contributed by atoms with E-state index < -0.39 is 0 Å². The molecule has 20 heavy (non-hydrogen) atoms. The summed E-state index contributed by atoms with van der Waals surface area (Å²) in [5, 5.41) is 8.28. The van der Waals surface area contributed by atoms with Gasteiger partial charge >= 0.3 is 0 Å². The van der Waals surface area contributed by atoms with Crippen molar-refractivity contribution in [2.75, 3.05) is 6.54 Å². The summed E-state index contributed by atoms with van der Waals surface area (Å²) in [6.07, 6.45) is 1.01. The summed E-state index contributed by atoms with van der Waals surface area (Å²) in [5.74, 6) is 0. The second-order valence-corrected chi connectivity index (χ2v) is 7.05. The quantitative estimate of drug-likeness (QED) is 0.747. The molecule has 0 saturated carbocycles. The minimum Gasteiger partial charge on any atom is -0.309 e. The van der Waals surface area contributed by atoms with Crippen molar-refractivity contribution in [3.8, 4) is 0 Å². The van der Waals surface area contributed by atoms with Gasteiger partial charge in [-0.15, -0.1) is 22.7 Å². The van der Waals surface area contributed by atoms with Crippen LogP contribution in [0.25, 0.3) is 10.1 Å². The van der Waals surface area contributed by atoms with Crippen LogP contribution in [0.5, 0.6) is 0 Å². The van der Waals surface area contributed by atoms with Gasteiger partial charge in [0.1, 0.15) is 0 Å². The minimum atomic E-state index is 0.397. The SMILES string of the molecule is Cc1csc(CCNC(C)c2cc3ccccc3s2)n1. The van der Waals surface area contributed by atoms with Gasteiger partial charge in [0.05, 0.1) is 5.01 Å². The highest BCUT2D eigenvalue weighted by Crippen LogP contribution is 2.29. The van der Waals surface area contributed by atoms with Crippen molar-refractivity contribution in [3.63, 3.8) is 0 Å². The van der Waals surface area contributed by atoms with Gasteiger partial charge in [0.2, 0.25) is 0 Å². The van der Waals surface area contributed by atoms with Crippen LogP contribution in [0.4, 0.5) is 0 Å². The Labute approximate surface area is 127 Å². The molecule has 0 aliphatic heterocycles. The van der Waals surface area contributed by atoms with Gasteiger partial charge in [-0.25, -0.2) is 4.98 Å². The number of benzene rings is 1. The zero-order valence-electron chi connectivity index (χ0n) is 11.7. The van der Waals surface area contributed by atoms with Gasteiger partial charge in [-0.1, -0.05) is 18.2 Å². The van der Waals surface area contributed by atoms with Crippen molar-refractivity contribution in [1.82, 2.24) is 10.3 Å². The molecule has 3 aromatic rings. The molecule has 104 valence electrons. The maximum absolute atomic E-state index is 4.50. The zero-order valence-corrected chi connectivity index (χ0v) is 13.4. The van der Waals surface area contributed by atoms with Gasteiger partial charge in [0, 0.05) is 39.7 Å². The number of nitrogens with zero attached hydrogens (tertiary/aromatic N) is 1. The number of thiazole rings is 1. The summed E-state index contributed by atoms with van der Waals surface area (Å²) >= 11 is 3.63. The Morgan fingerprint density at radius 2 is 2.15 bits per heavy atom. The van der Waals surface area contributed by atoms with E-state index in [4.69, 9.17) is 0 Å². The third-order valence-electron chi connectivity index (χ3n) is 3.33. The second-order valence-electron chi connectivity index (χ2n) is 5.00. The summed E-state index contributed by atoms with van der Waals surface area (Å²) in [7, 11) is 0. The molecule has 0 aliphatic carbocycles. The molecule has 0 spiro atoms. The molecule has 2 aromatic heterocycles. The molecule has 1 aromatic carbocycles. The van der Waals surface area contributed by atoms with Crippen LogP contribution >= 0.6 is 22.7 Å². The summed E-state index contributed by atoms with van der Waals surface area (Å²) < 4.78 is 1.37. The molecule has 0 amide bonds. The van der Waals surface area contributed by atoms with E-state index in [0.29, 0.717) is 6.04 Å². The molecule has 0 aliphatic rings. The van der Waals surface area contributed by atoms with Crippen molar-refractivity contribution in [2.45, 2.75) is 26.3 Å². The first-order chi connectivity index (χ1) is 9.72. The van der Waals surface area contributed by atoms with Crippen LogP contribution in [-0.4, -0.2) is 11.5 Å². The van der Waals surface area contributed by atoms with E-state index in [-0.39, 0.29) is 0 Å². The van der Waals surface area contributed by atoms with E-state index in [1.807, 2.05) is 18.3 Å². The number of fused-ring (bicyclic) bond motifs is 1. The van der Waals surface area contributed by atoms with Gasteiger partial charge in [-0.05, 0) is 31.4 Å². The predicted octanol–water partition coefficient (Wildman–Crippen LogP) is 4.56. The number of rotatable bonds is 5. The fraction of sp³-hybridized carbons (Fsp3) is 0.312. The van der Waals surface area contributed by atoms with Gasteiger partial charge in [0.15, 0.2) is 0 Å². The lowest BCUT2D eigenvalue weighted by molar-refractivity contribution is 0.584. The zero-order chi connectivity index (χ0) is 13.9. The van der Waals surface area contributed by atoms with Crippen molar-refractivity contribution in [3.05, 3.63) is 51.3 Å². The van der Waals surface area contributed by atoms with E-state index >= 15 is 0 Å². The molecule has 0 radical (unpaired) electrons. The van der Waals surface area contributed by atoms with Crippen molar-refractivity contribution >= 4 is 32.8 Å². The summed E-state index contributed by atoms with van der Waals surface area (Å²) in [6.45, 7) is 5.26. The summed E-state index contributed by atoms with van der Waals surface area (Å²) in [6, 6.07) is 11.3. The van der Waals surface area contributed by atoms with Gasteiger partial charge < -0.3 is 5.32 Å². The second kappa shape index (κ2) is 6.04. The number of aryl methyl sites for hydroxylation is 1. The lowest BCUT2D eigenvalue weighted by atomic mass is 10.2. The molecule has 2 nitrogen and oxygen atoms in total. The van der Waals surface area contributed by atoms with E-state index in [0.717, 1.165) is 18.7 Å². The maximum Gasteiger partial charge on any atom is 0.0940 e. The molecule has 1 atom stereocenters. The number of hydrogen-bond acceptors (Lipinski definition) is 4. The molecule has 2 heterocycles. The Balaban J connectivity index is 1.59. The first-order valence-electron chi connectivity index (χ1n) is 6.85. The lowest BCUT2D eigenvalue weighted by Crippen LogP contribution is -2.20. The molecule has 0 saturated heterocycles. The lowest BCUT2D eigenvalue weighted by Gasteiger charge is -2.10. The van der Waals surface area contributed by atoms with Gasteiger partial charge in [0.25, 0.3) is 0 Å². The van der Waals surface area contributed by atoms with E-state index in [1.54, 1.807) is 11.3 Å². The Morgan fingerprint density at radius 3 is 2.90 bits per heavy atom. The Bertz CT molecular complexity index is 666. The van der Waals surface area contributed by atoms with Crippen LogP contribution in [0.15, 0.2) is 35.7 Å². The standard InChI is InChI=1S/C16H18N2S2/c1-11-10-19-16(18-11)7-8-17-12(2)15-9-13-5-3-4-6-14(13)20-15/h3-6,9-10,12,17H,7-8H2,1-2H3. The fourth-order valence-electron chi connectivity index (χ4n) is 2.23. The van der Waals surface area contributed by atoms with Crippen molar-refractivity contribution < 1.29 is 0 Å². The van der Waals surface area contributed by atoms with Crippen LogP contribution in [0, 0.1) is 6.92 Å². The Hall–Kier alpha value is -1.23. The van der Waals surface area contributed by atoms with E-state index in [1.165, 1.54) is 20.0 Å². The number of nitrogens with one attached hydrogen (secondary N) is 1. The molecule has 0 fully saturated rings. The Morgan fingerprint density at radius 1 is 1.30 bits per heavy atom. The molecule has 1 N–H and O–H groups in total. The van der Waals surface area contributed by atoms with Gasteiger partial charge in [-0.3, -0.25) is 0 Å². The van der Waals surface area contributed by atoms with Crippen LogP contribution < -0.4 is 5.32 Å². The number of hydrogen-bond donors (Lipinski definition) is 1. The third kappa shape index (κ3) is 3.08. The monoisotopic (exact) mass is 302 g/mol. The largest absolute Gasteiger partial charge is 0.309 e. The average molecular weight is 302 g/mol. The third-order valence-corrected chi connectivity index (χ3v) is 5.65. The highest BCUT2D eigenvalue weighted by Gasteiger charge is 2.09. The molecule has 1 unspecified atom stereocenters. The van der Waals surface area contributed by atoms with Crippen molar-refractivity contribution in [2.24, 2.45) is 0 Å². The summed E-state index contributed by atoms with van der Waals surface area (Å²) in [5.41, 5.74) is 1.13. The highest BCUT2D eigenvalue weighted by atomic mass is 32.1. The fourth-order valence-corrected chi connectivity index (χ4v) is 4.10. The number of aromatic nitrogens is 1. The van der Waals surface area contributed by atoms with Crippen LogP contribution in [-0.2, 0) is 6.42 Å². The Kier molecular flexibility index (Phi) is 4.15.